The maximum atomic E-state index is 12.6. The lowest BCUT2D eigenvalue weighted by atomic mass is 10.1. The maximum absolute atomic E-state index is 12.6. The lowest BCUT2D eigenvalue weighted by Gasteiger charge is -2.34. The average molecular weight is 394 g/mol. The van der Waals surface area contributed by atoms with Crippen molar-refractivity contribution in [1.29, 1.82) is 0 Å². The molecule has 3 aromatic rings. The fourth-order valence-electron chi connectivity index (χ4n) is 3.38. The second kappa shape index (κ2) is 8.58. The summed E-state index contributed by atoms with van der Waals surface area (Å²) in [5.74, 6) is 0. The van der Waals surface area contributed by atoms with E-state index in [9.17, 15) is 4.79 Å². The van der Waals surface area contributed by atoms with E-state index < -0.39 is 0 Å². The Bertz CT molecular complexity index is 972. The zero-order valence-electron chi connectivity index (χ0n) is 15.8. The number of fused-ring (bicyclic) bond motifs is 1. The largest absolute Gasteiger partial charge is 0.322 e. The molecular formula is C21H23N5OS. The Hall–Kier alpha value is -2.64. The second-order valence-corrected chi connectivity index (χ2v) is 7.68. The zero-order chi connectivity index (χ0) is 19.3. The highest BCUT2D eigenvalue weighted by Gasteiger charge is 2.21. The van der Waals surface area contributed by atoms with Crippen molar-refractivity contribution in [2.45, 2.75) is 11.4 Å². The van der Waals surface area contributed by atoms with Gasteiger partial charge in [0.2, 0.25) is 0 Å². The number of urea groups is 1. The highest BCUT2D eigenvalue weighted by molar-refractivity contribution is 7.98. The van der Waals surface area contributed by atoms with Gasteiger partial charge in [0.25, 0.3) is 0 Å². The van der Waals surface area contributed by atoms with E-state index in [4.69, 9.17) is 0 Å². The van der Waals surface area contributed by atoms with Crippen LogP contribution in [0.3, 0.4) is 0 Å². The molecule has 1 N–H and O–H groups in total. The predicted molar refractivity (Wildman–Crippen MR) is 114 cm³/mol. The van der Waals surface area contributed by atoms with Crippen LogP contribution in [0.1, 0.15) is 5.56 Å². The molecule has 4 rings (SSSR count). The van der Waals surface area contributed by atoms with E-state index in [1.54, 1.807) is 24.2 Å². The van der Waals surface area contributed by atoms with Gasteiger partial charge in [0.05, 0.1) is 11.0 Å². The van der Waals surface area contributed by atoms with E-state index in [1.807, 2.05) is 41.5 Å². The summed E-state index contributed by atoms with van der Waals surface area (Å²) in [6.07, 6.45) is 5.46. The summed E-state index contributed by atoms with van der Waals surface area (Å²) in [5.41, 5.74) is 3.90. The number of nitrogens with one attached hydrogen (secondary N) is 1. The molecule has 0 saturated carbocycles. The van der Waals surface area contributed by atoms with Gasteiger partial charge in [-0.15, -0.1) is 11.8 Å². The van der Waals surface area contributed by atoms with Crippen molar-refractivity contribution in [3.63, 3.8) is 0 Å². The number of carbonyl (C=O) groups is 1. The molecule has 144 valence electrons. The van der Waals surface area contributed by atoms with Gasteiger partial charge in [0, 0.05) is 55.7 Å². The summed E-state index contributed by atoms with van der Waals surface area (Å²) < 4.78 is 0. The SMILES string of the molecule is CSc1cccc(NC(=O)N2CCN(Cc3ccc4nccnc4c3)CC2)c1. The standard InChI is InChI=1S/C21H23N5OS/c1-28-18-4-2-3-17(14-18)24-21(27)26-11-9-25(10-12-26)15-16-5-6-19-20(13-16)23-8-7-22-19/h2-8,13-14H,9-12,15H2,1H3,(H,24,27). The lowest BCUT2D eigenvalue weighted by molar-refractivity contribution is 0.143. The third kappa shape index (κ3) is 4.43. The molecule has 0 aliphatic carbocycles. The summed E-state index contributed by atoms with van der Waals surface area (Å²) in [7, 11) is 0. The van der Waals surface area contributed by atoms with Crippen molar-refractivity contribution in [3.8, 4) is 0 Å². The fourth-order valence-corrected chi connectivity index (χ4v) is 3.84. The highest BCUT2D eigenvalue weighted by atomic mass is 32.2. The molecule has 0 atom stereocenters. The van der Waals surface area contributed by atoms with Gasteiger partial charge in [-0.3, -0.25) is 14.9 Å². The number of benzene rings is 2. The molecule has 2 amide bonds. The van der Waals surface area contributed by atoms with Crippen LogP contribution in [0.25, 0.3) is 11.0 Å². The molecule has 1 aliphatic rings. The number of thioether (sulfide) groups is 1. The number of hydrogen-bond acceptors (Lipinski definition) is 5. The number of amides is 2. The van der Waals surface area contributed by atoms with Crippen molar-refractivity contribution in [2.75, 3.05) is 37.8 Å². The Morgan fingerprint density at radius 2 is 1.82 bits per heavy atom. The Labute approximate surface area is 169 Å². The first-order valence-corrected chi connectivity index (χ1v) is 10.6. The Morgan fingerprint density at radius 1 is 1.04 bits per heavy atom. The average Bonchev–Trinajstić information content (AvgIpc) is 2.74. The lowest BCUT2D eigenvalue weighted by Crippen LogP contribution is -2.49. The molecule has 2 heterocycles. The summed E-state index contributed by atoms with van der Waals surface area (Å²) in [4.78, 5) is 26.6. The smallest absolute Gasteiger partial charge is 0.321 e. The van der Waals surface area contributed by atoms with Crippen molar-refractivity contribution < 1.29 is 4.79 Å². The second-order valence-electron chi connectivity index (χ2n) is 6.80. The Morgan fingerprint density at radius 3 is 2.61 bits per heavy atom. The quantitative estimate of drug-likeness (QED) is 0.685. The molecule has 0 bridgehead atoms. The molecule has 0 unspecified atom stereocenters. The van der Waals surface area contributed by atoms with Crippen LogP contribution in [0.2, 0.25) is 0 Å². The van der Waals surface area contributed by atoms with E-state index in [2.05, 4.69) is 32.3 Å². The normalized spacial score (nSPS) is 15.0. The number of rotatable bonds is 4. The molecule has 7 heteroatoms. The number of hydrogen-bond donors (Lipinski definition) is 1. The van der Waals surface area contributed by atoms with Crippen LogP contribution in [-0.2, 0) is 6.54 Å². The topological polar surface area (TPSA) is 61.4 Å². The van der Waals surface area contributed by atoms with E-state index in [1.165, 1.54) is 5.56 Å². The molecule has 1 aliphatic heterocycles. The Balaban J connectivity index is 1.31. The number of carbonyl (C=O) groups excluding carboxylic acids is 1. The minimum Gasteiger partial charge on any atom is -0.322 e. The van der Waals surface area contributed by atoms with Gasteiger partial charge in [0.15, 0.2) is 0 Å². The first kappa shape index (κ1) is 18.7. The number of piperazine rings is 1. The van der Waals surface area contributed by atoms with Crippen LogP contribution in [0.5, 0.6) is 0 Å². The molecule has 1 aromatic heterocycles. The van der Waals surface area contributed by atoms with E-state index >= 15 is 0 Å². The number of anilines is 1. The zero-order valence-corrected chi connectivity index (χ0v) is 16.7. The van der Waals surface area contributed by atoms with Crippen LogP contribution in [0.15, 0.2) is 59.8 Å². The minimum absolute atomic E-state index is 0.0288. The third-order valence-corrected chi connectivity index (χ3v) is 5.65. The molecule has 0 radical (unpaired) electrons. The Kier molecular flexibility index (Phi) is 5.73. The number of nitrogens with zero attached hydrogens (tertiary/aromatic N) is 4. The van der Waals surface area contributed by atoms with Crippen molar-refractivity contribution in [3.05, 3.63) is 60.4 Å². The van der Waals surface area contributed by atoms with Gasteiger partial charge >= 0.3 is 6.03 Å². The predicted octanol–water partition coefficient (Wildman–Crippen LogP) is 3.70. The third-order valence-electron chi connectivity index (χ3n) is 4.92. The van der Waals surface area contributed by atoms with E-state index in [0.717, 1.165) is 54.3 Å². The van der Waals surface area contributed by atoms with Crippen LogP contribution in [0, 0.1) is 0 Å². The monoisotopic (exact) mass is 393 g/mol. The van der Waals surface area contributed by atoms with Crippen LogP contribution in [0.4, 0.5) is 10.5 Å². The van der Waals surface area contributed by atoms with Gasteiger partial charge in [-0.2, -0.15) is 0 Å². The molecular weight excluding hydrogens is 370 g/mol. The maximum Gasteiger partial charge on any atom is 0.321 e. The first-order chi connectivity index (χ1) is 13.7. The van der Waals surface area contributed by atoms with Crippen LogP contribution in [-0.4, -0.2) is 58.2 Å². The van der Waals surface area contributed by atoms with Crippen LogP contribution >= 0.6 is 11.8 Å². The van der Waals surface area contributed by atoms with E-state index in [0.29, 0.717) is 0 Å². The fraction of sp³-hybridized carbons (Fsp3) is 0.286. The van der Waals surface area contributed by atoms with Crippen LogP contribution < -0.4 is 5.32 Å². The van der Waals surface area contributed by atoms with Gasteiger partial charge in [0.1, 0.15) is 0 Å². The summed E-state index contributed by atoms with van der Waals surface area (Å²) in [6, 6.07) is 14.1. The van der Waals surface area contributed by atoms with Gasteiger partial charge in [-0.05, 0) is 42.2 Å². The molecule has 0 spiro atoms. The van der Waals surface area contributed by atoms with E-state index in [-0.39, 0.29) is 6.03 Å². The highest BCUT2D eigenvalue weighted by Crippen LogP contribution is 2.20. The van der Waals surface area contributed by atoms with Crippen molar-refractivity contribution in [2.24, 2.45) is 0 Å². The number of aromatic nitrogens is 2. The molecule has 2 aromatic carbocycles. The van der Waals surface area contributed by atoms with Gasteiger partial charge in [-0.25, -0.2) is 4.79 Å². The molecule has 6 nitrogen and oxygen atoms in total. The minimum atomic E-state index is -0.0288. The first-order valence-electron chi connectivity index (χ1n) is 9.33. The van der Waals surface area contributed by atoms with Gasteiger partial charge < -0.3 is 10.2 Å². The molecule has 1 fully saturated rings. The van der Waals surface area contributed by atoms with Crippen molar-refractivity contribution >= 4 is 34.5 Å². The van der Waals surface area contributed by atoms with Gasteiger partial charge in [-0.1, -0.05) is 12.1 Å². The summed E-state index contributed by atoms with van der Waals surface area (Å²) in [6.45, 7) is 4.02. The van der Waals surface area contributed by atoms with Crippen molar-refractivity contribution in [1.82, 2.24) is 19.8 Å². The summed E-state index contributed by atoms with van der Waals surface area (Å²) >= 11 is 1.67. The molecule has 1 saturated heterocycles. The molecule has 28 heavy (non-hydrogen) atoms. The summed E-state index contributed by atoms with van der Waals surface area (Å²) in [5, 5.41) is 3.01.